The Balaban J connectivity index is 1.50. The number of halogens is 2. The molecule has 2 N–H and O–H groups in total. The molecule has 170 valence electrons. The van der Waals surface area contributed by atoms with Gasteiger partial charge in [-0.3, -0.25) is 14.5 Å². The number of aliphatic hydroxyl groups excluding tert-OH is 1. The van der Waals surface area contributed by atoms with Gasteiger partial charge >= 0.3 is 6.09 Å². The van der Waals surface area contributed by atoms with E-state index in [1.807, 2.05) is 0 Å². The highest BCUT2D eigenvalue weighted by molar-refractivity contribution is 5.96. The van der Waals surface area contributed by atoms with Crippen LogP contribution in [0, 0.1) is 11.6 Å². The molecule has 2 fully saturated rings. The molecule has 0 spiro atoms. The van der Waals surface area contributed by atoms with Crippen LogP contribution in [-0.2, 0) is 9.57 Å². The number of carbonyl (C=O) groups is 2. The molecule has 2 aromatic rings. The zero-order valence-corrected chi connectivity index (χ0v) is 16.9. The summed E-state index contributed by atoms with van der Waals surface area (Å²) in [5, 5.41) is 20.1. The van der Waals surface area contributed by atoms with E-state index in [0.717, 1.165) is 22.1 Å². The van der Waals surface area contributed by atoms with Gasteiger partial charge in [-0.05, 0) is 12.1 Å². The lowest BCUT2D eigenvalue weighted by Gasteiger charge is -2.24. The van der Waals surface area contributed by atoms with Gasteiger partial charge in [-0.2, -0.15) is 0 Å². The van der Waals surface area contributed by atoms with Crippen molar-refractivity contribution in [3.05, 3.63) is 53.6 Å². The number of phenols is 1. The van der Waals surface area contributed by atoms with Gasteiger partial charge in [0.1, 0.15) is 17.5 Å². The Morgan fingerprint density at radius 3 is 2.50 bits per heavy atom. The van der Waals surface area contributed by atoms with E-state index in [1.165, 1.54) is 17.0 Å². The summed E-state index contributed by atoms with van der Waals surface area (Å²) in [6, 6.07) is 8.06. The summed E-state index contributed by atoms with van der Waals surface area (Å²) in [6.45, 7) is -0.245. The average Bonchev–Trinajstić information content (AvgIpc) is 2.99. The second-order valence-corrected chi connectivity index (χ2v) is 7.30. The van der Waals surface area contributed by atoms with Crippen molar-refractivity contribution in [3.63, 3.8) is 0 Å². The van der Waals surface area contributed by atoms with E-state index in [4.69, 9.17) is 14.7 Å². The van der Waals surface area contributed by atoms with E-state index in [1.54, 1.807) is 12.1 Å². The molecule has 0 bridgehead atoms. The Morgan fingerprint density at radius 2 is 1.84 bits per heavy atom. The molecule has 0 aromatic heterocycles. The first-order valence-corrected chi connectivity index (χ1v) is 9.95. The highest BCUT2D eigenvalue weighted by Crippen LogP contribution is 2.31. The molecule has 0 radical (unpaired) electrons. The van der Waals surface area contributed by atoms with Gasteiger partial charge in [0.25, 0.3) is 5.91 Å². The number of hydroxylamine groups is 2. The van der Waals surface area contributed by atoms with Gasteiger partial charge in [0.15, 0.2) is 11.6 Å². The van der Waals surface area contributed by atoms with Crippen LogP contribution in [-0.4, -0.2) is 72.8 Å². The minimum atomic E-state index is -0.888. The second kappa shape index (κ2) is 8.97. The Labute approximate surface area is 181 Å². The maximum atomic E-state index is 14.9. The van der Waals surface area contributed by atoms with Gasteiger partial charge in [-0.25, -0.2) is 18.6 Å². The number of amides is 2. The molecule has 2 aliphatic rings. The smallest absolute Gasteiger partial charge is 0.414 e. The number of carbonyl (C=O) groups excluding carboxylic acids is 2. The van der Waals surface area contributed by atoms with Crippen molar-refractivity contribution in [2.75, 3.05) is 49.2 Å². The standard InChI is InChI=1S/C21H21F2N3O6/c22-16-9-13(25-11-14(12-27)32-21(25)30)10-17(23)19(16)24-5-6-26(31-8-7-24)20(29)15-3-1-2-4-18(15)28/h1-4,9-10,14,27-28H,5-8,11-12H2/t14-/m1/s1. The maximum absolute atomic E-state index is 14.9. The zero-order chi connectivity index (χ0) is 22.8. The van der Waals surface area contributed by atoms with Crippen LogP contribution in [0.5, 0.6) is 5.75 Å². The molecule has 2 aromatic carbocycles. The normalized spacial score (nSPS) is 19.2. The Kier molecular flexibility index (Phi) is 6.10. The van der Waals surface area contributed by atoms with E-state index in [0.29, 0.717) is 0 Å². The predicted molar refractivity (Wildman–Crippen MR) is 108 cm³/mol. The molecule has 0 saturated carbocycles. The van der Waals surface area contributed by atoms with E-state index in [2.05, 4.69) is 0 Å². The SMILES string of the molecule is O=C(c1ccccc1O)N1CCN(c2c(F)cc(N3C[C@H](CO)OC3=O)cc2F)CCO1. The zero-order valence-electron chi connectivity index (χ0n) is 16.9. The third-order valence-electron chi connectivity index (χ3n) is 5.25. The van der Waals surface area contributed by atoms with Crippen LogP contribution in [0.4, 0.5) is 25.0 Å². The van der Waals surface area contributed by atoms with Crippen molar-refractivity contribution < 1.29 is 38.2 Å². The van der Waals surface area contributed by atoms with Crippen LogP contribution in [0.3, 0.4) is 0 Å². The van der Waals surface area contributed by atoms with E-state index in [9.17, 15) is 23.5 Å². The number of para-hydroxylation sites is 1. The lowest BCUT2D eigenvalue weighted by Crippen LogP contribution is -2.35. The number of nitrogens with zero attached hydrogens (tertiary/aromatic N) is 3. The third kappa shape index (κ3) is 4.16. The first-order valence-electron chi connectivity index (χ1n) is 9.95. The molecule has 2 heterocycles. The summed E-state index contributed by atoms with van der Waals surface area (Å²) in [4.78, 5) is 32.4. The quantitative estimate of drug-likeness (QED) is 0.735. The van der Waals surface area contributed by atoms with Crippen molar-refractivity contribution in [3.8, 4) is 5.75 Å². The molecule has 0 aliphatic carbocycles. The number of ether oxygens (including phenoxy) is 1. The van der Waals surface area contributed by atoms with E-state index >= 15 is 0 Å². The van der Waals surface area contributed by atoms with Crippen LogP contribution in [0.2, 0.25) is 0 Å². The lowest BCUT2D eigenvalue weighted by molar-refractivity contribution is -0.111. The molecular formula is C21H21F2N3O6. The number of hydrogen-bond donors (Lipinski definition) is 2. The first kappa shape index (κ1) is 21.8. The van der Waals surface area contributed by atoms with Crippen molar-refractivity contribution in [1.82, 2.24) is 5.06 Å². The summed E-state index contributed by atoms with van der Waals surface area (Å²) in [6.07, 6.45) is -1.55. The number of benzene rings is 2. The van der Waals surface area contributed by atoms with Gasteiger partial charge in [-0.1, -0.05) is 12.1 Å². The fourth-order valence-corrected chi connectivity index (χ4v) is 3.66. The van der Waals surface area contributed by atoms with Crippen LogP contribution in [0.25, 0.3) is 0 Å². The minimum absolute atomic E-state index is 0.00439. The number of hydrogen-bond acceptors (Lipinski definition) is 7. The summed E-state index contributed by atoms with van der Waals surface area (Å²) in [5.41, 5.74) is -0.269. The van der Waals surface area contributed by atoms with Gasteiger partial charge in [-0.15, -0.1) is 0 Å². The molecule has 4 rings (SSSR count). The summed E-state index contributed by atoms with van der Waals surface area (Å²) in [5.74, 6) is -2.53. The van der Waals surface area contributed by atoms with Gasteiger partial charge in [0.2, 0.25) is 0 Å². The molecule has 11 heteroatoms. The fourth-order valence-electron chi connectivity index (χ4n) is 3.66. The fraction of sp³-hybridized carbons (Fsp3) is 0.333. The van der Waals surface area contributed by atoms with Gasteiger partial charge in [0, 0.05) is 25.2 Å². The number of aliphatic hydroxyl groups is 1. The Bertz CT molecular complexity index is 1010. The van der Waals surface area contributed by atoms with Crippen molar-refractivity contribution in [2.45, 2.75) is 6.10 Å². The van der Waals surface area contributed by atoms with Crippen molar-refractivity contribution in [1.29, 1.82) is 0 Å². The predicted octanol–water partition coefficient (Wildman–Crippen LogP) is 1.88. The van der Waals surface area contributed by atoms with Crippen LogP contribution >= 0.6 is 0 Å². The molecule has 2 saturated heterocycles. The topological polar surface area (TPSA) is 103 Å². The molecule has 2 aliphatic heterocycles. The van der Waals surface area contributed by atoms with Gasteiger partial charge in [0.05, 0.1) is 37.6 Å². The second-order valence-electron chi connectivity index (χ2n) is 7.30. The molecule has 0 unspecified atom stereocenters. The summed E-state index contributed by atoms with van der Waals surface area (Å²) >= 11 is 0. The first-order chi connectivity index (χ1) is 15.4. The van der Waals surface area contributed by atoms with Crippen molar-refractivity contribution in [2.24, 2.45) is 0 Å². The Hall–Kier alpha value is -3.44. The minimum Gasteiger partial charge on any atom is -0.507 e. The third-order valence-corrected chi connectivity index (χ3v) is 5.25. The summed E-state index contributed by atoms with van der Waals surface area (Å²) in [7, 11) is 0. The van der Waals surface area contributed by atoms with Crippen molar-refractivity contribution >= 4 is 23.4 Å². The Morgan fingerprint density at radius 1 is 1.12 bits per heavy atom. The summed E-state index contributed by atoms with van der Waals surface area (Å²) < 4.78 is 34.7. The number of cyclic esters (lactones) is 1. The largest absolute Gasteiger partial charge is 0.507 e. The highest BCUT2D eigenvalue weighted by Gasteiger charge is 2.33. The molecular weight excluding hydrogens is 428 g/mol. The molecule has 1 atom stereocenters. The van der Waals surface area contributed by atoms with E-state index in [-0.39, 0.29) is 55.5 Å². The number of rotatable bonds is 4. The lowest BCUT2D eigenvalue weighted by atomic mass is 10.2. The van der Waals surface area contributed by atoms with E-state index < -0.39 is 36.3 Å². The van der Waals surface area contributed by atoms with Gasteiger partial charge < -0.3 is 19.8 Å². The number of anilines is 2. The van der Waals surface area contributed by atoms with Crippen LogP contribution in [0.15, 0.2) is 36.4 Å². The molecule has 9 nitrogen and oxygen atoms in total. The average molecular weight is 449 g/mol. The maximum Gasteiger partial charge on any atom is 0.414 e. The number of phenolic OH excluding ortho intramolecular Hbond substituents is 1. The number of aromatic hydroxyl groups is 1. The monoisotopic (exact) mass is 449 g/mol. The molecule has 2 amide bonds. The van der Waals surface area contributed by atoms with Crippen LogP contribution in [0.1, 0.15) is 10.4 Å². The molecule has 32 heavy (non-hydrogen) atoms. The highest BCUT2D eigenvalue weighted by atomic mass is 19.1. The van der Waals surface area contributed by atoms with Crippen LogP contribution < -0.4 is 9.80 Å².